The fourth-order valence-corrected chi connectivity index (χ4v) is 5.75. The molecule has 0 N–H and O–H groups in total. The molecule has 4 rings (SSSR count). The van der Waals surface area contributed by atoms with Crippen molar-refractivity contribution in [2.24, 2.45) is 0 Å². The maximum atomic E-state index is 12.2. The number of carbonyl (C=O) groups is 1. The predicted octanol–water partition coefficient (Wildman–Crippen LogP) is 4.55. The highest BCUT2D eigenvalue weighted by molar-refractivity contribution is 8.45. The molecule has 0 bridgehead atoms. The molecule has 0 aliphatic carbocycles. The molecule has 0 amide bonds. The van der Waals surface area contributed by atoms with Crippen LogP contribution in [0.25, 0.3) is 0 Å². The molecule has 7 nitrogen and oxygen atoms in total. The number of para-hydroxylation sites is 2. The minimum atomic E-state index is -4.27. The average molecular weight is 519 g/mol. The highest BCUT2D eigenvalue weighted by Crippen LogP contribution is 2.38. The maximum Gasteiger partial charge on any atom is 0.294 e. The van der Waals surface area contributed by atoms with E-state index in [1.54, 1.807) is 23.9 Å². The Morgan fingerprint density at radius 2 is 1.79 bits per heavy atom. The fraction of sp³-hybridized carbons (Fsp3) is 0.250. The molecule has 0 unspecified atom stereocenters. The van der Waals surface area contributed by atoms with Gasteiger partial charge in [0.05, 0.1) is 10.6 Å². The number of ether oxygens (including phenoxy) is 1. The van der Waals surface area contributed by atoms with Crippen LogP contribution in [0.15, 0.2) is 77.2 Å². The number of thioether (sulfide) groups is 2. The molecule has 0 atom stereocenters. The van der Waals surface area contributed by atoms with E-state index in [1.165, 1.54) is 23.9 Å². The molecule has 0 radical (unpaired) electrons. The van der Waals surface area contributed by atoms with E-state index in [4.69, 9.17) is 4.74 Å². The Morgan fingerprint density at radius 3 is 2.41 bits per heavy atom. The number of hydrogen-bond acceptors (Lipinski definition) is 8. The summed E-state index contributed by atoms with van der Waals surface area (Å²) in [5.41, 5.74) is 2.68. The van der Waals surface area contributed by atoms with Gasteiger partial charge in [-0.05, 0) is 49.9 Å². The molecule has 2 aromatic rings. The SMILES string of the molecule is CCSC1=[N+](C)/C(=C\C=C2/Oc3ccccc3N2CC)C(=O)S1.Cc1ccc(S(=O)(=O)[O-])cc1. The standard InChI is InChI=1S/C17H19N2O2S2.C7H8O3S/c1-4-19-12-8-6-7-9-14(12)21-15(19)11-10-13-16(20)23-17(18(13)3)22-5-2;1-6-2-4-7(5-3-6)11(8,9)10/h6-11H,4-5H2,1-3H3;2-5H,1H3,(H,8,9,10)/q+1;/p-1/b13-10-,15-11-;. The van der Waals surface area contributed by atoms with Crippen LogP contribution in [0.2, 0.25) is 0 Å². The Kier molecular flexibility index (Phi) is 8.64. The van der Waals surface area contributed by atoms with Crippen molar-refractivity contribution in [2.45, 2.75) is 25.7 Å². The van der Waals surface area contributed by atoms with Crippen molar-refractivity contribution in [3.63, 3.8) is 0 Å². The van der Waals surface area contributed by atoms with Crippen molar-refractivity contribution in [1.82, 2.24) is 0 Å². The quantitative estimate of drug-likeness (QED) is 0.331. The highest BCUT2D eigenvalue weighted by Gasteiger charge is 2.35. The van der Waals surface area contributed by atoms with Crippen LogP contribution in [-0.2, 0) is 14.9 Å². The lowest BCUT2D eigenvalue weighted by atomic mass is 10.2. The fourth-order valence-electron chi connectivity index (χ4n) is 3.22. The molecule has 0 aromatic heterocycles. The van der Waals surface area contributed by atoms with Gasteiger partial charge in [-0.25, -0.2) is 8.42 Å². The van der Waals surface area contributed by atoms with E-state index in [0.717, 1.165) is 39.6 Å². The van der Waals surface area contributed by atoms with Gasteiger partial charge >= 0.3 is 0 Å². The zero-order valence-electron chi connectivity index (χ0n) is 19.3. The van der Waals surface area contributed by atoms with Gasteiger partial charge in [0.2, 0.25) is 5.88 Å². The normalized spacial score (nSPS) is 17.7. The van der Waals surface area contributed by atoms with Crippen LogP contribution < -0.4 is 9.64 Å². The Hall–Kier alpha value is -2.53. The molecule has 180 valence electrons. The minimum Gasteiger partial charge on any atom is -0.744 e. The molecule has 2 heterocycles. The maximum absolute atomic E-state index is 12.2. The summed E-state index contributed by atoms with van der Waals surface area (Å²) in [4.78, 5) is 14.1. The van der Waals surface area contributed by atoms with Gasteiger partial charge in [0, 0.05) is 36.2 Å². The first-order chi connectivity index (χ1) is 16.2. The monoisotopic (exact) mass is 518 g/mol. The third-order valence-electron chi connectivity index (χ3n) is 4.94. The number of carbonyl (C=O) groups excluding carboxylic acids is 1. The van der Waals surface area contributed by atoms with E-state index in [2.05, 4.69) is 18.7 Å². The molecule has 34 heavy (non-hydrogen) atoms. The van der Waals surface area contributed by atoms with Crippen molar-refractivity contribution >= 4 is 48.8 Å². The smallest absolute Gasteiger partial charge is 0.294 e. The Bertz CT molecular complexity index is 1270. The summed E-state index contributed by atoms with van der Waals surface area (Å²) in [6, 6.07) is 13.7. The predicted molar refractivity (Wildman–Crippen MR) is 137 cm³/mol. The molecular formula is C24H26N2O5S3. The lowest BCUT2D eigenvalue weighted by Gasteiger charge is -2.14. The van der Waals surface area contributed by atoms with Crippen LogP contribution in [-0.4, -0.2) is 46.4 Å². The van der Waals surface area contributed by atoms with E-state index < -0.39 is 10.1 Å². The number of anilines is 1. The summed E-state index contributed by atoms with van der Waals surface area (Å²) in [5, 5.41) is 0.0823. The minimum absolute atomic E-state index is 0.0823. The Labute approximate surface area is 208 Å². The lowest BCUT2D eigenvalue weighted by Crippen LogP contribution is -2.19. The number of rotatable bonds is 4. The topological polar surface area (TPSA) is 89.8 Å². The summed E-state index contributed by atoms with van der Waals surface area (Å²) in [6.45, 7) is 6.80. The van der Waals surface area contributed by atoms with Gasteiger partial charge in [0.25, 0.3) is 15.2 Å². The molecule has 10 heteroatoms. The molecule has 2 aromatic carbocycles. The number of aryl methyl sites for hydroxylation is 1. The van der Waals surface area contributed by atoms with Crippen molar-refractivity contribution in [1.29, 1.82) is 0 Å². The van der Waals surface area contributed by atoms with Crippen LogP contribution >= 0.6 is 23.5 Å². The number of nitrogens with zero attached hydrogens (tertiary/aromatic N) is 2. The van der Waals surface area contributed by atoms with Gasteiger partial charge in [-0.3, -0.25) is 4.79 Å². The first-order valence-corrected chi connectivity index (χ1v) is 13.8. The van der Waals surface area contributed by atoms with Gasteiger partial charge < -0.3 is 14.2 Å². The van der Waals surface area contributed by atoms with Gasteiger partial charge in [-0.15, -0.1) is 0 Å². The van der Waals surface area contributed by atoms with Crippen LogP contribution in [0.3, 0.4) is 0 Å². The van der Waals surface area contributed by atoms with Gasteiger partial charge in [0.15, 0.2) is 5.75 Å². The second-order valence-corrected chi connectivity index (χ2v) is 11.1. The van der Waals surface area contributed by atoms with E-state index in [0.29, 0.717) is 5.70 Å². The van der Waals surface area contributed by atoms with E-state index >= 15 is 0 Å². The van der Waals surface area contributed by atoms with Crippen molar-refractivity contribution < 1.29 is 27.1 Å². The lowest BCUT2D eigenvalue weighted by molar-refractivity contribution is -0.428. The summed E-state index contributed by atoms with van der Waals surface area (Å²) in [6.07, 6.45) is 3.73. The zero-order chi connectivity index (χ0) is 24.9. The van der Waals surface area contributed by atoms with Gasteiger partial charge in [0.1, 0.15) is 17.2 Å². The summed E-state index contributed by atoms with van der Waals surface area (Å²) >= 11 is 2.99. The van der Waals surface area contributed by atoms with E-state index in [9.17, 15) is 17.8 Å². The number of allylic oxidation sites excluding steroid dienone is 2. The zero-order valence-corrected chi connectivity index (χ0v) is 21.8. The molecule has 2 aliphatic heterocycles. The van der Waals surface area contributed by atoms with Crippen molar-refractivity contribution in [2.75, 3.05) is 24.2 Å². The third kappa shape index (κ3) is 6.12. The van der Waals surface area contributed by atoms with Crippen molar-refractivity contribution in [3.05, 3.63) is 77.8 Å². The second-order valence-electron chi connectivity index (χ2n) is 7.29. The molecule has 2 aliphatic rings. The number of hydrogen-bond donors (Lipinski definition) is 0. The van der Waals surface area contributed by atoms with Crippen LogP contribution in [0.5, 0.6) is 5.75 Å². The Balaban J connectivity index is 0.000000248. The number of fused-ring (bicyclic) bond motifs is 1. The first-order valence-electron chi connectivity index (χ1n) is 10.6. The molecule has 0 saturated heterocycles. The van der Waals surface area contributed by atoms with E-state index in [-0.39, 0.29) is 10.0 Å². The van der Waals surface area contributed by atoms with Gasteiger partial charge in [-0.1, -0.05) is 36.8 Å². The second kappa shape index (κ2) is 11.3. The first kappa shape index (κ1) is 26.1. The summed E-state index contributed by atoms with van der Waals surface area (Å²) in [7, 11) is -2.34. The van der Waals surface area contributed by atoms with Crippen molar-refractivity contribution in [3.8, 4) is 5.75 Å². The molecule has 0 spiro atoms. The summed E-state index contributed by atoms with van der Waals surface area (Å²) < 4.78 is 40.1. The highest BCUT2D eigenvalue weighted by atomic mass is 32.2. The van der Waals surface area contributed by atoms with Gasteiger partial charge in [-0.2, -0.15) is 4.58 Å². The number of likely N-dealkylation sites (N-methyl/N-ethyl adjacent to an activating group) is 1. The number of benzene rings is 2. The molecule has 0 fully saturated rings. The third-order valence-corrected chi connectivity index (χ3v) is 8.04. The summed E-state index contributed by atoms with van der Waals surface area (Å²) in [5.74, 6) is 2.56. The van der Waals surface area contributed by atoms with Crippen LogP contribution in [0.1, 0.15) is 19.4 Å². The van der Waals surface area contributed by atoms with Crippen LogP contribution in [0, 0.1) is 6.92 Å². The Morgan fingerprint density at radius 1 is 1.12 bits per heavy atom. The average Bonchev–Trinajstić information content (AvgIpc) is 3.28. The largest absolute Gasteiger partial charge is 0.744 e. The molecular weight excluding hydrogens is 492 g/mol. The van der Waals surface area contributed by atoms with Crippen LogP contribution in [0.4, 0.5) is 5.69 Å². The molecule has 0 saturated carbocycles. The van der Waals surface area contributed by atoms with E-state index in [1.807, 2.05) is 55.0 Å².